The van der Waals surface area contributed by atoms with Gasteiger partial charge in [-0.3, -0.25) is 9.36 Å². The molecule has 0 spiro atoms. The Morgan fingerprint density at radius 2 is 1.75 bits per heavy atom. The molecule has 1 aromatic heterocycles. The third kappa shape index (κ3) is 3.97. The summed E-state index contributed by atoms with van der Waals surface area (Å²) < 4.78 is 2.11. The summed E-state index contributed by atoms with van der Waals surface area (Å²) in [5, 5.41) is 9.60. The fourth-order valence-electron chi connectivity index (χ4n) is 3.20. The summed E-state index contributed by atoms with van der Waals surface area (Å²) >= 11 is 1.46. The van der Waals surface area contributed by atoms with E-state index in [2.05, 4.69) is 46.0 Å². The third-order valence-electron chi connectivity index (χ3n) is 5.20. The van der Waals surface area contributed by atoms with Gasteiger partial charge < -0.3 is 4.90 Å². The van der Waals surface area contributed by atoms with Crippen molar-refractivity contribution in [3.8, 4) is 5.69 Å². The second-order valence-electron chi connectivity index (χ2n) is 7.17. The van der Waals surface area contributed by atoms with Gasteiger partial charge in [0, 0.05) is 18.7 Å². The number of hydrogen-bond donors (Lipinski definition) is 0. The maximum atomic E-state index is 12.8. The van der Waals surface area contributed by atoms with Gasteiger partial charge in [-0.25, -0.2) is 0 Å². The number of rotatable bonds is 7. The van der Waals surface area contributed by atoms with Gasteiger partial charge in [-0.05, 0) is 37.5 Å². The highest BCUT2D eigenvalue weighted by atomic mass is 32.2. The molecule has 1 heterocycles. The van der Waals surface area contributed by atoms with E-state index in [-0.39, 0.29) is 11.9 Å². The van der Waals surface area contributed by atoms with Crippen molar-refractivity contribution < 1.29 is 4.79 Å². The predicted molar refractivity (Wildman–Crippen MR) is 112 cm³/mol. The maximum Gasteiger partial charge on any atom is 0.233 e. The minimum Gasteiger partial charge on any atom is -0.338 e. The molecule has 4 rings (SSSR count). The van der Waals surface area contributed by atoms with E-state index < -0.39 is 0 Å². The van der Waals surface area contributed by atoms with E-state index in [4.69, 9.17) is 0 Å². The summed E-state index contributed by atoms with van der Waals surface area (Å²) in [6.07, 6.45) is 2.32. The lowest BCUT2D eigenvalue weighted by atomic mass is 10.1. The molecule has 1 saturated carbocycles. The molecule has 0 radical (unpaired) electrons. The molecule has 1 amide bonds. The van der Waals surface area contributed by atoms with Crippen LogP contribution in [0.25, 0.3) is 5.69 Å². The molecule has 0 bridgehead atoms. The molecule has 1 atom stereocenters. The van der Waals surface area contributed by atoms with E-state index >= 15 is 0 Å². The zero-order valence-corrected chi connectivity index (χ0v) is 17.0. The van der Waals surface area contributed by atoms with Gasteiger partial charge in [0.2, 0.25) is 5.91 Å². The summed E-state index contributed by atoms with van der Waals surface area (Å²) in [4.78, 5) is 14.6. The molecule has 0 aliphatic heterocycles. The molecule has 1 unspecified atom stereocenters. The SMILES string of the molecule is CC(c1ccccc1)N(C)C(=O)CSc1nnc(C2CC2)n1-c1ccccc1. The van der Waals surface area contributed by atoms with Crippen molar-refractivity contribution in [2.45, 2.75) is 36.9 Å². The molecule has 0 saturated heterocycles. The van der Waals surface area contributed by atoms with Crippen LogP contribution in [0.1, 0.15) is 43.1 Å². The highest BCUT2D eigenvalue weighted by molar-refractivity contribution is 7.99. The fraction of sp³-hybridized carbons (Fsp3) is 0.318. The number of thioether (sulfide) groups is 1. The lowest BCUT2D eigenvalue weighted by Gasteiger charge is -2.25. The average molecular weight is 393 g/mol. The largest absolute Gasteiger partial charge is 0.338 e. The molecule has 6 heteroatoms. The van der Waals surface area contributed by atoms with E-state index in [0.717, 1.165) is 35.1 Å². The molecule has 1 aliphatic rings. The van der Waals surface area contributed by atoms with Crippen LogP contribution in [0.5, 0.6) is 0 Å². The molecule has 28 heavy (non-hydrogen) atoms. The standard InChI is InChI=1S/C22H24N4OS/c1-16(17-9-5-3-6-10-17)25(2)20(27)15-28-22-24-23-21(18-13-14-18)26(22)19-11-7-4-8-12-19/h3-12,16,18H,13-15H2,1-2H3. The zero-order chi connectivity index (χ0) is 19.5. The van der Waals surface area contributed by atoms with Crippen molar-refractivity contribution in [1.82, 2.24) is 19.7 Å². The molecule has 144 valence electrons. The van der Waals surface area contributed by atoms with Gasteiger partial charge in [-0.1, -0.05) is 60.3 Å². The van der Waals surface area contributed by atoms with Gasteiger partial charge in [0.05, 0.1) is 11.8 Å². The van der Waals surface area contributed by atoms with E-state index in [0.29, 0.717) is 11.7 Å². The molecule has 1 fully saturated rings. The third-order valence-corrected chi connectivity index (χ3v) is 6.11. The van der Waals surface area contributed by atoms with Crippen molar-refractivity contribution in [2.24, 2.45) is 0 Å². The number of benzene rings is 2. The number of nitrogens with zero attached hydrogens (tertiary/aromatic N) is 4. The van der Waals surface area contributed by atoms with Crippen LogP contribution in [-0.2, 0) is 4.79 Å². The van der Waals surface area contributed by atoms with Crippen molar-refractivity contribution in [3.05, 3.63) is 72.1 Å². The normalized spacial score (nSPS) is 14.6. The second-order valence-corrected chi connectivity index (χ2v) is 8.11. The minimum atomic E-state index is 0.0309. The summed E-state index contributed by atoms with van der Waals surface area (Å²) in [7, 11) is 1.86. The number of aromatic nitrogens is 3. The molecule has 0 N–H and O–H groups in total. The van der Waals surface area contributed by atoms with Gasteiger partial charge in [-0.2, -0.15) is 0 Å². The summed E-state index contributed by atoms with van der Waals surface area (Å²) in [5.74, 6) is 1.91. The van der Waals surface area contributed by atoms with Gasteiger partial charge in [0.1, 0.15) is 5.82 Å². The average Bonchev–Trinajstić information content (AvgIpc) is 3.51. The number of hydrogen-bond acceptors (Lipinski definition) is 4. The number of carbonyl (C=O) groups is 1. The molecule has 3 aromatic rings. The topological polar surface area (TPSA) is 51.0 Å². The van der Waals surface area contributed by atoms with E-state index in [1.807, 2.05) is 43.4 Å². The van der Waals surface area contributed by atoms with Crippen molar-refractivity contribution in [2.75, 3.05) is 12.8 Å². The number of amides is 1. The quantitative estimate of drug-likeness (QED) is 0.557. The first kappa shape index (κ1) is 18.7. The number of para-hydroxylation sites is 1. The van der Waals surface area contributed by atoms with Crippen LogP contribution in [0.2, 0.25) is 0 Å². The Balaban J connectivity index is 1.48. The summed E-state index contributed by atoms with van der Waals surface area (Å²) in [6.45, 7) is 2.05. The highest BCUT2D eigenvalue weighted by Gasteiger charge is 2.31. The monoisotopic (exact) mass is 392 g/mol. The van der Waals surface area contributed by atoms with Crippen LogP contribution in [0.3, 0.4) is 0 Å². The van der Waals surface area contributed by atoms with Crippen LogP contribution < -0.4 is 0 Å². The molecule has 2 aromatic carbocycles. The van der Waals surface area contributed by atoms with Crippen LogP contribution in [-0.4, -0.2) is 38.4 Å². The van der Waals surface area contributed by atoms with E-state index in [9.17, 15) is 4.79 Å². The van der Waals surface area contributed by atoms with Crippen molar-refractivity contribution in [3.63, 3.8) is 0 Å². The van der Waals surface area contributed by atoms with Gasteiger partial charge in [0.25, 0.3) is 0 Å². The van der Waals surface area contributed by atoms with Gasteiger partial charge in [0.15, 0.2) is 5.16 Å². The Morgan fingerprint density at radius 1 is 1.11 bits per heavy atom. The lowest BCUT2D eigenvalue weighted by molar-refractivity contribution is -0.128. The summed E-state index contributed by atoms with van der Waals surface area (Å²) in [6, 6.07) is 20.3. The van der Waals surface area contributed by atoms with Crippen molar-refractivity contribution in [1.29, 1.82) is 0 Å². The van der Waals surface area contributed by atoms with E-state index in [1.165, 1.54) is 11.8 Å². The Hall–Kier alpha value is -2.60. The lowest BCUT2D eigenvalue weighted by Crippen LogP contribution is -2.31. The predicted octanol–water partition coefficient (Wildman–Crippen LogP) is 4.46. The zero-order valence-electron chi connectivity index (χ0n) is 16.2. The molecule has 1 aliphatic carbocycles. The maximum absolute atomic E-state index is 12.8. The minimum absolute atomic E-state index is 0.0309. The van der Waals surface area contributed by atoms with Gasteiger partial charge in [-0.15, -0.1) is 10.2 Å². The first-order valence-corrected chi connectivity index (χ1v) is 10.6. The Bertz CT molecular complexity index is 938. The molecular weight excluding hydrogens is 368 g/mol. The van der Waals surface area contributed by atoms with Gasteiger partial charge >= 0.3 is 0 Å². The fourth-order valence-corrected chi connectivity index (χ4v) is 4.08. The Labute approximate surface area is 169 Å². The van der Waals surface area contributed by atoms with Crippen LogP contribution in [0, 0.1) is 0 Å². The Morgan fingerprint density at radius 3 is 2.39 bits per heavy atom. The first-order valence-electron chi connectivity index (χ1n) is 9.59. The Kier molecular flexibility index (Phi) is 5.48. The smallest absolute Gasteiger partial charge is 0.233 e. The van der Waals surface area contributed by atoms with E-state index in [1.54, 1.807) is 4.90 Å². The first-order chi connectivity index (χ1) is 13.6. The second kappa shape index (κ2) is 8.19. The van der Waals surface area contributed by atoms with Crippen LogP contribution >= 0.6 is 11.8 Å². The summed E-state index contributed by atoms with van der Waals surface area (Å²) in [5.41, 5.74) is 2.18. The van der Waals surface area contributed by atoms with Crippen LogP contribution in [0.15, 0.2) is 65.8 Å². The number of carbonyl (C=O) groups excluding carboxylic acids is 1. The molecule has 5 nitrogen and oxygen atoms in total. The van der Waals surface area contributed by atoms with Crippen molar-refractivity contribution >= 4 is 17.7 Å². The van der Waals surface area contributed by atoms with Crippen LogP contribution in [0.4, 0.5) is 0 Å². The highest BCUT2D eigenvalue weighted by Crippen LogP contribution is 2.41. The molecular formula is C22H24N4OS.